The fraction of sp³-hybridized carbons (Fsp3) is 0.538. The van der Waals surface area contributed by atoms with E-state index in [1.54, 1.807) is 12.1 Å². The first kappa shape index (κ1) is 12.5. The lowest BCUT2D eigenvalue weighted by atomic mass is 10.1. The molecule has 2 N–H and O–H groups in total. The van der Waals surface area contributed by atoms with Crippen molar-refractivity contribution < 1.29 is 13.9 Å². The van der Waals surface area contributed by atoms with Crippen LogP contribution in [0.25, 0.3) is 0 Å². The number of halogens is 1. The fourth-order valence-electron chi connectivity index (χ4n) is 2.10. The smallest absolute Gasteiger partial charge is 0.170 e. The molecule has 2 rings (SSSR count). The number of hydrogen-bond acceptors (Lipinski definition) is 3. The average molecular weight is 239 g/mol. The van der Waals surface area contributed by atoms with Crippen molar-refractivity contribution in [1.82, 2.24) is 0 Å². The molecule has 0 spiro atoms. The summed E-state index contributed by atoms with van der Waals surface area (Å²) in [6, 6.07) is 6.69. The van der Waals surface area contributed by atoms with Gasteiger partial charge in [-0.05, 0) is 31.5 Å². The maximum absolute atomic E-state index is 13.5. The van der Waals surface area contributed by atoms with E-state index in [-0.39, 0.29) is 11.9 Å². The third kappa shape index (κ3) is 3.03. The van der Waals surface area contributed by atoms with Gasteiger partial charge in [0.2, 0.25) is 0 Å². The van der Waals surface area contributed by atoms with Crippen LogP contribution in [0.2, 0.25) is 0 Å². The standard InChI is InChI=1S/C13H18FNO2/c1-13(16-9-11(17-13)6-7-15)8-10-4-2-3-5-12(10)14/h2-5,11H,6-9,15H2,1H3. The zero-order valence-electron chi connectivity index (χ0n) is 9.99. The van der Waals surface area contributed by atoms with Crippen molar-refractivity contribution in [3.05, 3.63) is 35.6 Å². The zero-order chi connectivity index (χ0) is 12.3. The van der Waals surface area contributed by atoms with Crippen molar-refractivity contribution in [2.45, 2.75) is 31.7 Å². The largest absolute Gasteiger partial charge is 0.347 e. The van der Waals surface area contributed by atoms with E-state index in [2.05, 4.69) is 0 Å². The quantitative estimate of drug-likeness (QED) is 0.872. The molecular formula is C13H18FNO2. The van der Waals surface area contributed by atoms with Gasteiger partial charge in [-0.25, -0.2) is 4.39 Å². The van der Waals surface area contributed by atoms with Crippen LogP contribution in [0.15, 0.2) is 24.3 Å². The molecule has 1 fully saturated rings. The van der Waals surface area contributed by atoms with Crippen molar-refractivity contribution in [2.24, 2.45) is 5.73 Å². The van der Waals surface area contributed by atoms with Crippen molar-refractivity contribution >= 4 is 0 Å². The normalized spacial score (nSPS) is 28.5. The van der Waals surface area contributed by atoms with E-state index in [0.717, 1.165) is 6.42 Å². The lowest BCUT2D eigenvalue weighted by Gasteiger charge is -2.23. The van der Waals surface area contributed by atoms with Gasteiger partial charge in [0.1, 0.15) is 5.82 Å². The molecule has 1 aromatic carbocycles. The minimum atomic E-state index is -0.734. The third-order valence-corrected chi connectivity index (χ3v) is 2.95. The highest BCUT2D eigenvalue weighted by Gasteiger charge is 2.37. The molecule has 3 nitrogen and oxygen atoms in total. The summed E-state index contributed by atoms with van der Waals surface area (Å²) in [6.45, 7) is 2.95. The van der Waals surface area contributed by atoms with Crippen molar-refractivity contribution in [3.63, 3.8) is 0 Å². The second kappa shape index (κ2) is 5.12. The SMILES string of the molecule is CC1(Cc2ccccc2F)OCC(CCN)O1. The molecule has 2 atom stereocenters. The Kier molecular flexibility index (Phi) is 3.76. The molecule has 4 heteroatoms. The predicted octanol–water partition coefficient (Wildman–Crippen LogP) is 1.85. The van der Waals surface area contributed by atoms with Crippen molar-refractivity contribution in [1.29, 1.82) is 0 Å². The Hall–Kier alpha value is -0.970. The maximum atomic E-state index is 13.5. The van der Waals surface area contributed by atoms with E-state index in [1.165, 1.54) is 6.07 Å². The van der Waals surface area contributed by atoms with E-state index in [1.807, 2.05) is 13.0 Å². The summed E-state index contributed by atoms with van der Waals surface area (Å²) in [5.41, 5.74) is 6.09. The number of ether oxygens (including phenoxy) is 2. The Morgan fingerprint density at radius 2 is 2.24 bits per heavy atom. The summed E-state index contributed by atoms with van der Waals surface area (Å²) >= 11 is 0. The van der Waals surface area contributed by atoms with Crippen LogP contribution in [0.3, 0.4) is 0 Å². The zero-order valence-corrected chi connectivity index (χ0v) is 9.99. The van der Waals surface area contributed by atoms with Gasteiger partial charge in [0, 0.05) is 6.42 Å². The van der Waals surface area contributed by atoms with Crippen LogP contribution in [-0.2, 0) is 15.9 Å². The summed E-state index contributed by atoms with van der Waals surface area (Å²) < 4.78 is 24.9. The van der Waals surface area contributed by atoms with Crippen LogP contribution in [0, 0.1) is 5.82 Å². The van der Waals surface area contributed by atoms with Gasteiger partial charge in [-0.2, -0.15) is 0 Å². The second-order valence-electron chi connectivity index (χ2n) is 4.53. The molecule has 0 aliphatic carbocycles. The Balaban J connectivity index is 2.02. The number of nitrogens with two attached hydrogens (primary N) is 1. The third-order valence-electron chi connectivity index (χ3n) is 2.95. The fourth-order valence-corrected chi connectivity index (χ4v) is 2.10. The van der Waals surface area contributed by atoms with Gasteiger partial charge in [-0.15, -0.1) is 0 Å². The Labute approximate surface area is 101 Å². The molecule has 0 amide bonds. The number of benzene rings is 1. The van der Waals surface area contributed by atoms with Crippen LogP contribution in [0.1, 0.15) is 18.9 Å². The van der Waals surface area contributed by atoms with E-state index in [0.29, 0.717) is 25.1 Å². The van der Waals surface area contributed by atoms with Crippen LogP contribution < -0.4 is 5.73 Å². The van der Waals surface area contributed by atoms with E-state index in [9.17, 15) is 4.39 Å². The molecule has 1 aliphatic rings. The molecular weight excluding hydrogens is 221 g/mol. The summed E-state index contributed by atoms with van der Waals surface area (Å²) in [5.74, 6) is -0.953. The average Bonchev–Trinajstić information content (AvgIpc) is 2.64. The highest BCUT2D eigenvalue weighted by molar-refractivity contribution is 5.18. The maximum Gasteiger partial charge on any atom is 0.170 e. The lowest BCUT2D eigenvalue weighted by Crippen LogP contribution is -2.30. The molecule has 1 aliphatic heterocycles. The number of hydrogen-bond donors (Lipinski definition) is 1. The molecule has 1 heterocycles. The van der Waals surface area contributed by atoms with E-state index >= 15 is 0 Å². The van der Waals surface area contributed by atoms with Crippen LogP contribution in [-0.4, -0.2) is 25.0 Å². The van der Waals surface area contributed by atoms with Gasteiger partial charge >= 0.3 is 0 Å². The molecule has 0 saturated carbocycles. The van der Waals surface area contributed by atoms with Gasteiger partial charge in [0.05, 0.1) is 12.7 Å². The van der Waals surface area contributed by atoms with Crippen LogP contribution >= 0.6 is 0 Å². The van der Waals surface area contributed by atoms with Crippen molar-refractivity contribution in [3.8, 4) is 0 Å². The van der Waals surface area contributed by atoms with Gasteiger partial charge < -0.3 is 15.2 Å². The lowest BCUT2D eigenvalue weighted by molar-refractivity contribution is -0.153. The Morgan fingerprint density at radius 1 is 1.47 bits per heavy atom. The number of rotatable bonds is 4. The summed E-state index contributed by atoms with van der Waals surface area (Å²) in [4.78, 5) is 0. The Morgan fingerprint density at radius 3 is 2.94 bits per heavy atom. The first-order valence-corrected chi connectivity index (χ1v) is 5.88. The van der Waals surface area contributed by atoms with E-state index in [4.69, 9.17) is 15.2 Å². The molecule has 2 unspecified atom stereocenters. The molecule has 94 valence electrons. The van der Waals surface area contributed by atoms with Gasteiger partial charge in [-0.1, -0.05) is 18.2 Å². The molecule has 0 aromatic heterocycles. The summed E-state index contributed by atoms with van der Waals surface area (Å²) in [6.07, 6.45) is 1.21. The van der Waals surface area contributed by atoms with Gasteiger partial charge in [-0.3, -0.25) is 0 Å². The topological polar surface area (TPSA) is 44.5 Å². The summed E-state index contributed by atoms with van der Waals surface area (Å²) in [7, 11) is 0. The second-order valence-corrected chi connectivity index (χ2v) is 4.53. The molecule has 17 heavy (non-hydrogen) atoms. The van der Waals surface area contributed by atoms with Crippen LogP contribution in [0.5, 0.6) is 0 Å². The molecule has 1 aromatic rings. The Bertz CT molecular complexity index is 385. The monoisotopic (exact) mass is 239 g/mol. The first-order chi connectivity index (χ1) is 8.13. The molecule has 0 bridgehead atoms. The van der Waals surface area contributed by atoms with Crippen molar-refractivity contribution in [2.75, 3.05) is 13.2 Å². The highest BCUT2D eigenvalue weighted by Crippen LogP contribution is 2.29. The minimum Gasteiger partial charge on any atom is -0.347 e. The van der Waals surface area contributed by atoms with Crippen LogP contribution in [0.4, 0.5) is 4.39 Å². The first-order valence-electron chi connectivity index (χ1n) is 5.88. The molecule has 0 radical (unpaired) electrons. The molecule has 1 saturated heterocycles. The van der Waals surface area contributed by atoms with Gasteiger partial charge in [0.15, 0.2) is 5.79 Å². The van der Waals surface area contributed by atoms with E-state index < -0.39 is 5.79 Å². The van der Waals surface area contributed by atoms with Gasteiger partial charge in [0.25, 0.3) is 0 Å². The predicted molar refractivity (Wildman–Crippen MR) is 63.0 cm³/mol. The summed E-state index contributed by atoms with van der Waals surface area (Å²) in [5, 5.41) is 0. The minimum absolute atomic E-state index is 0.0248. The highest BCUT2D eigenvalue weighted by atomic mass is 19.1.